The minimum atomic E-state index is 1.03. The van der Waals surface area contributed by atoms with Crippen molar-refractivity contribution in [3.8, 4) is 22.5 Å². The standard InChI is InChI=1S/C24H17BrN2/c1-16-23(18-10-6-3-7-11-18)26-27-22(17-8-4-2-5-9-17)14-19-12-13-20(25)15-21(19)24(16)27/h2-15H,1H3. The summed E-state index contributed by atoms with van der Waals surface area (Å²) < 4.78 is 3.17. The Hall–Kier alpha value is -2.91. The highest BCUT2D eigenvalue weighted by molar-refractivity contribution is 9.10. The van der Waals surface area contributed by atoms with E-state index < -0.39 is 0 Å². The first-order chi connectivity index (χ1) is 13.2. The lowest BCUT2D eigenvalue weighted by atomic mass is 10.0. The number of pyridine rings is 1. The molecule has 0 unspecified atom stereocenters. The van der Waals surface area contributed by atoms with Crippen LogP contribution in [0.4, 0.5) is 0 Å². The van der Waals surface area contributed by atoms with Crippen LogP contribution in [0.1, 0.15) is 5.56 Å². The molecule has 0 amide bonds. The maximum absolute atomic E-state index is 5.04. The molecular formula is C24H17BrN2. The van der Waals surface area contributed by atoms with Crippen molar-refractivity contribution >= 4 is 32.2 Å². The SMILES string of the molecule is Cc1c(-c2ccccc2)nn2c(-c3ccccc3)cc3ccc(Br)cc3c12. The quantitative estimate of drug-likeness (QED) is 0.308. The third-order valence-electron chi connectivity index (χ3n) is 5.03. The van der Waals surface area contributed by atoms with E-state index in [-0.39, 0.29) is 0 Å². The highest BCUT2D eigenvalue weighted by atomic mass is 79.9. The number of fused-ring (bicyclic) bond motifs is 3. The summed E-state index contributed by atoms with van der Waals surface area (Å²) in [6.45, 7) is 2.17. The molecule has 3 heteroatoms. The second-order valence-electron chi connectivity index (χ2n) is 6.73. The first-order valence-electron chi connectivity index (χ1n) is 8.95. The Morgan fingerprint density at radius 3 is 2.15 bits per heavy atom. The Bertz CT molecular complexity index is 1270. The van der Waals surface area contributed by atoms with Crippen LogP contribution < -0.4 is 0 Å². The van der Waals surface area contributed by atoms with Gasteiger partial charge in [-0.05, 0) is 30.5 Å². The Morgan fingerprint density at radius 2 is 1.44 bits per heavy atom. The fourth-order valence-electron chi connectivity index (χ4n) is 3.74. The van der Waals surface area contributed by atoms with Crippen molar-refractivity contribution in [2.24, 2.45) is 0 Å². The topological polar surface area (TPSA) is 17.3 Å². The van der Waals surface area contributed by atoms with Crippen LogP contribution in [0.2, 0.25) is 0 Å². The predicted molar refractivity (Wildman–Crippen MR) is 116 cm³/mol. The van der Waals surface area contributed by atoms with Crippen molar-refractivity contribution < 1.29 is 0 Å². The number of halogens is 1. The first kappa shape index (κ1) is 16.3. The van der Waals surface area contributed by atoms with Crippen molar-refractivity contribution in [2.75, 3.05) is 0 Å². The zero-order valence-corrected chi connectivity index (χ0v) is 16.4. The summed E-state index contributed by atoms with van der Waals surface area (Å²) in [5.74, 6) is 0. The van der Waals surface area contributed by atoms with Gasteiger partial charge in [0.25, 0.3) is 0 Å². The lowest BCUT2D eigenvalue weighted by molar-refractivity contribution is 0.979. The molecule has 0 aliphatic rings. The monoisotopic (exact) mass is 412 g/mol. The smallest absolute Gasteiger partial charge is 0.0963 e. The second kappa shape index (κ2) is 6.36. The third-order valence-corrected chi connectivity index (χ3v) is 5.52. The van der Waals surface area contributed by atoms with Gasteiger partial charge >= 0.3 is 0 Å². The molecule has 5 aromatic rings. The number of hydrogen-bond acceptors (Lipinski definition) is 1. The largest absolute Gasteiger partial charge is 0.232 e. The zero-order valence-electron chi connectivity index (χ0n) is 14.9. The van der Waals surface area contributed by atoms with Crippen molar-refractivity contribution in [1.29, 1.82) is 0 Å². The van der Waals surface area contributed by atoms with Gasteiger partial charge in [0.1, 0.15) is 0 Å². The molecule has 0 spiro atoms. The summed E-state index contributed by atoms with van der Waals surface area (Å²) in [6.07, 6.45) is 0. The van der Waals surface area contributed by atoms with E-state index in [0.717, 1.165) is 32.5 Å². The van der Waals surface area contributed by atoms with Gasteiger partial charge in [-0.15, -0.1) is 0 Å². The highest BCUT2D eigenvalue weighted by Crippen LogP contribution is 2.35. The summed E-state index contributed by atoms with van der Waals surface area (Å²) >= 11 is 3.63. The molecule has 0 N–H and O–H groups in total. The maximum Gasteiger partial charge on any atom is 0.0963 e. The maximum atomic E-state index is 5.04. The fraction of sp³-hybridized carbons (Fsp3) is 0.0417. The average molecular weight is 413 g/mol. The molecule has 2 aromatic heterocycles. The van der Waals surface area contributed by atoms with E-state index in [2.05, 4.69) is 100 Å². The third kappa shape index (κ3) is 2.66. The second-order valence-corrected chi connectivity index (χ2v) is 7.64. The van der Waals surface area contributed by atoms with Gasteiger partial charge in [0.2, 0.25) is 0 Å². The van der Waals surface area contributed by atoms with Gasteiger partial charge in [-0.3, -0.25) is 0 Å². The van der Waals surface area contributed by atoms with Crippen LogP contribution in [-0.2, 0) is 0 Å². The van der Waals surface area contributed by atoms with Crippen molar-refractivity contribution in [3.05, 3.63) is 95.0 Å². The molecule has 0 radical (unpaired) electrons. The molecule has 5 rings (SSSR count). The van der Waals surface area contributed by atoms with Gasteiger partial charge in [-0.1, -0.05) is 82.7 Å². The summed E-state index contributed by atoms with van der Waals surface area (Å²) in [4.78, 5) is 0. The van der Waals surface area contributed by atoms with E-state index in [1.165, 1.54) is 16.3 Å². The molecule has 27 heavy (non-hydrogen) atoms. The normalized spacial score (nSPS) is 11.3. The van der Waals surface area contributed by atoms with Crippen molar-refractivity contribution in [1.82, 2.24) is 9.61 Å². The molecule has 0 aliphatic carbocycles. The number of rotatable bonds is 2. The van der Waals surface area contributed by atoms with Crippen LogP contribution in [0, 0.1) is 6.92 Å². The molecule has 0 saturated heterocycles. The zero-order chi connectivity index (χ0) is 18.4. The van der Waals surface area contributed by atoms with Crippen LogP contribution in [0.5, 0.6) is 0 Å². The van der Waals surface area contributed by atoms with E-state index in [0.29, 0.717) is 0 Å². The van der Waals surface area contributed by atoms with E-state index in [4.69, 9.17) is 5.10 Å². The molecule has 0 saturated carbocycles. The first-order valence-corrected chi connectivity index (χ1v) is 9.74. The molecule has 0 aliphatic heterocycles. The van der Waals surface area contributed by atoms with Crippen LogP contribution in [0.3, 0.4) is 0 Å². The van der Waals surface area contributed by atoms with E-state index in [1.54, 1.807) is 0 Å². The molecular weight excluding hydrogens is 396 g/mol. The number of aryl methyl sites for hydroxylation is 1. The van der Waals surface area contributed by atoms with Crippen LogP contribution in [0.15, 0.2) is 89.4 Å². The molecule has 2 heterocycles. The van der Waals surface area contributed by atoms with Crippen LogP contribution in [-0.4, -0.2) is 9.61 Å². The molecule has 0 atom stereocenters. The highest BCUT2D eigenvalue weighted by Gasteiger charge is 2.17. The number of nitrogens with zero attached hydrogens (tertiary/aromatic N) is 2. The van der Waals surface area contributed by atoms with Gasteiger partial charge in [-0.25, -0.2) is 4.52 Å². The predicted octanol–water partition coefficient (Wildman–Crippen LogP) is 6.89. The van der Waals surface area contributed by atoms with Gasteiger partial charge < -0.3 is 0 Å². The van der Waals surface area contributed by atoms with Crippen LogP contribution in [0.25, 0.3) is 38.8 Å². The molecule has 130 valence electrons. The molecule has 0 fully saturated rings. The molecule has 0 bridgehead atoms. The van der Waals surface area contributed by atoms with Crippen LogP contribution >= 0.6 is 15.9 Å². The van der Waals surface area contributed by atoms with Gasteiger partial charge in [0, 0.05) is 26.5 Å². The lowest BCUT2D eigenvalue weighted by Crippen LogP contribution is -1.95. The Labute approximate surface area is 166 Å². The fourth-order valence-corrected chi connectivity index (χ4v) is 4.10. The summed E-state index contributed by atoms with van der Waals surface area (Å²) in [7, 11) is 0. The van der Waals surface area contributed by atoms with E-state index in [1.807, 2.05) is 12.1 Å². The Balaban J connectivity index is 1.94. The number of benzene rings is 3. The number of aromatic nitrogens is 2. The molecule has 3 aromatic carbocycles. The van der Waals surface area contributed by atoms with Gasteiger partial charge in [-0.2, -0.15) is 5.10 Å². The van der Waals surface area contributed by atoms with Gasteiger partial charge in [0.15, 0.2) is 0 Å². The Kier molecular flexibility index (Phi) is 3.83. The van der Waals surface area contributed by atoms with Gasteiger partial charge in [0.05, 0.1) is 16.9 Å². The lowest BCUT2D eigenvalue weighted by Gasteiger charge is -2.10. The van der Waals surface area contributed by atoms with Crippen molar-refractivity contribution in [2.45, 2.75) is 6.92 Å². The number of hydrogen-bond donors (Lipinski definition) is 0. The summed E-state index contributed by atoms with van der Waals surface area (Å²) in [5, 5.41) is 7.46. The van der Waals surface area contributed by atoms with E-state index >= 15 is 0 Å². The van der Waals surface area contributed by atoms with E-state index in [9.17, 15) is 0 Å². The minimum Gasteiger partial charge on any atom is -0.232 e. The van der Waals surface area contributed by atoms with Crippen molar-refractivity contribution in [3.63, 3.8) is 0 Å². The Morgan fingerprint density at radius 1 is 0.778 bits per heavy atom. The molecule has 2 nitrogen and oxygen atoms in total. The average Bonchev–Trinajstić information content (AvgIpc) is 3.06. The summed E-state index contributed by atoms with van der Waals surface area (Å²) in [5.41, 5.74) is 6.79. The minimum absolute atomic E-state index is 1.03. The summed E-state index contributed by atoms with van der Waals surface area (Å²) in [6, 6.07) is 29.5.